The summed E-state index contributed by atoms with van der Waals surface area (Å²) in [5, 5.41) is 5.47. The molecule has 0 saturated heterocycles. The summed E-state index contributed by atoms with van der Waals surface area (Å²) in [5.41, 5.74) is 8.21. The van der Waals surface area contributed by atoms with Gasteiger partial charge >= 0.3 is 6.03 Å². The van der Waals surface area contributed by atoms with E-state index in [1.165, 1.54) is 24.4 Å². The molecule has 3 aromatic rings. The van der Waals surface area contributed by atoms with Crippen molar-refractivity contribution < 1.29 is 14.0 Å². The van der Waals surface area contributed by atoms with E-state index in [4.69, 9.17) is 5.73 Å². The van der Waals surface area contributed by atoms with Gasteiger partial charge in [0.05, 0.1) is 29.2 Å². The number of nitrogens with two attached hydrogens (primary N) is 1. The summed E-state index contributed by atoms with van der Waals surface area (Å²) >= 11 is 0. The SMILES string of the molecule is CN(C)CCN(Cc1ccc(C(=O)Nc2ccccc2N)cn1)C(=O)Nc1cccc(F)c1. The molecule has 0 radical (unpaired) electrons. The van der Waals surface area contributed by atoms with E-state index in [1.54, 1.807) is 47.4 Å². The lowest BCUT2D eigenvalue weighted by molar-refractivity contribution is 0.102. The Labute approximate surface area is 192 Å². The summed E-state index contributed by atoms with van der Waals surface area (Å²) in [6, 6.07) is 15.7. The average molecular weight is 451 g/mol. The number of pyridine rings is 1. The molecule has 0 spiro atoms. The van der Waals surface area contributed by atoms with Crippen molar-refractivity contribution in [3.05, 3.63) is 83.9 Å². The fraction of sp³-hybridized carbons (Fsp3) is 0.208. The Bertz CT molecular complexity index is 1100. The highest BCUT2D eigenvalue weighted by molar-refractivity contribution is 6.05. The molecule has 3 rings (SSSR count). The van der Waals surface area contributed by atoms with Crippen LogP contribution in [0.3, 0.4) is 0 Å². The summed E-state index contributed by atoms with van der Waals surface area (Å²) in [7, 11) is 3.82. The van der Waals surface area contributed by atoms with Crippen molar-refractivity contribution in [2.45, 2.75) is 6.54 Å². The van der Waals surface area contributed by atoms with Gasteiger partial charge in [-0.2, -0.15) is 0 Å². The van der Waals surface area contributed by atoms with Crippen LogP contribution in [0.25, 0.3) is 0 Å². The van der Waals surface area contributed by atoms with Gasteiger partial charge in [0.2, 0.25) is 0 Å². The van der Waals surface area contributed by atoms with Gasteiger partial charge in [0.25, 0.3) is 5.91 Å². The van der Waals surface area contributed by atoms with E-state index in [-0.39, 0.29) is 18.5 Å². The van der Waals surface area contributed by atoms with Gasteiger partial charge in [-0.25, -0.2) is 9.18 Å². The van der Waals surface area contributed by atoms with Crippen LogP contribution in [0.15, 0.2) is 66.9 Å². The van der Waals surface area contributed by atoms with Crippen LogP contribution >= 0.6 is 0 Å². The number of nitrogens with zero attached hydrogens (tertiary/aromatic N) is 3. The number of aromatic nitrogens is 1. The zero-order valence-electron chi connectivity index (χ0n) is 18.6. The summed E-state index contributed by atoms with van der Waals surface area (Å²) in [6.45, 7) is 1.30. The molecule has 0 unspecified atom stereocenters. The number of hydrogen-bond donors (Lipinski definition) is 3. The van der Waals surface area contributed by atoms with Crippen molar-refractivity contribution >= 4 is 29.0 Å². The smallest absolute Gasteiger partial charge is 0.322 e. The molecular weight excluding hydrogens is 423 g/mol. The molecule has 0 aliphatic carbocycles. The van der Waals surface area contributed by atoms with Gasteiger partial charge in [0.15, 0.2) is 0 Å². The first-order chi connectivity index (χ1) is 15.8. The number of likely N-dealkylation sites (N-methyl/N-ethyl adjacent to an activating group) is 1. The predicted molar refractivity (Wildman–Crippen MR) is 127 cm³/mol. The predicted octanol–water partition coefficient (Wildman–Crippen LogP) is 3.65. The normalized spacial score (nSPS) is 10.7. The second-order valence-corrected chi connectivity index (χ2v) is 7.74. The molecule has 2 aromatic carbocycles. The Hall–Kier alpha value is -3.98. The van der Waals surface area contributed by atoms with Crippen LogP contribution in [0.2, 0.25) is 0 Å². The van der Waals surface area contributed by atoms with Gasteiger partial charge in [-0.1, -0.05) is 18.2 Å². The number of benzene rings is 2. The van der Waals surface area contributed by atoms with Crippen LogP contribution in [-0.2, 0) is 6.54 Å². The molecule has 0 saturated carbocycles. The van der Waals surface area contributed by atoms with E-state index in [2.05, 4.69) is 15.6 Å². The van der Waals surface area contributed by atoms with Crippen LogP contribution in [0.1, 0.15) is 16.1 Å². The van der Waals surface area contributed by atoms with Crippen molar-refractivity contribution in [1.82, 2.24) is 14.8 Å². The minimum Gasteiger partial charge on any atom is -0.397 e. The molecule has 172 valence electrons. The Balaban J connectivity index is 1.68. The second-order valence-electron chi connectivity index (χ2n) is 7.74. The molecule has 33 heavy (non-hydrogen) atoms. The molecule has 0 aliphatic heterocycles. The maximum Gasteiger partial charge on any atom is 0.322 e. The third-order valence-corrected chi connectivity index (χ3v) is 4.83. The standard InChI is InChI=1S/C24H27FN6O2/c1-30(2)12-13-31(24(33)28-19-7-5-6-18(25)14-19)16-20-11-10-17(15-27-20)23(32)29-22-9-4-3-8-21(22)26/h3-11,14-15H,12-13,16,26H2,1-2H3,(H,28,33)(H,29,32). The highest BCUT2D eigenvalue weighted by atomic mass is 19.1. The van der Waals surface area contributed by atoms with Crippen LogP contribution in [0, 0.1) is 5.82 Å². The largest absolute Gasteiger partial charge is 0.397 e. The number of carbonyl (C=O) groups excluding carboxylic acids is 2. The molecule has 8 nitrogen and oxygen atoms in total. The Kier molecular flexibility index (Phi) is 7.93. The van der Waals surface area contributed by atoms with E-state index in [9.17, 15) is 14.0 Å². The molecule has 0 bridgehead atoms. The number of nitrogens with one attached hydrogen (secondary N) is 2. The summed E-state index contributed by atoms with van der Waals surface area (Å²) in [6.07, 6.45) is 1.46. The van der Waals surface area contributed by atoms with Gasteiger partial charge in [0, 0.05) is 25.0 Å². The number of halogens is 1. The summed E-state index contributed by atoms with van der Waals surface area (Å²) in [5.74, 6) is -0.763. The molecule has 1 heterocycles. The molecule has 0 fully saturated rings. The van der Waals surface area contributed by atoms with Crippen LogP contribution in [0.4, 0.5) is 26.2 Å². The molecule has 4 N–H and O–H groups in total. The first-order valence-electron chi connectivity index (χ1n) is 10.4. The van der Waals surface area contributed by atoms with Gasteiger partial charge in [0.1, 0.15) is 5.82 Å². The fourth-order valence-electron chi connectivity index (χ4n) is 3.00. The third-order valence-electron chi connectivity index (χ3n) is 4.83. The van der Waals surface area contributed by atoms with Crippen molar-refractivity contribution in [3.63, 3.8) is 0 Å². The first kappa shape index (κ1) is 23.7. The number of nitrogen functional groups attached to an aromatic ring is 1. The monoisotopic (exact) mass is 450 g/mol. The molecule has 0 aliphatic rings. The zero-order chi connectivity index (χ0) is 23.8. The van der Waals surface area contributed by atoms with E-state index in [0.717, 1.165) is 0 Å². The number of para-hydroxylation sites is 2. The Morgan fingerprint density at radius 2 is 1.79 bits per heavy atom. The zero-order valence-corrected chi connectivity index (χ0v) is 18.6. The fourth-order valence-corrected chi connectivity index (χ4v) is 3.00. The lowest BCUT2D eigenvalue weighted by Gasteiger charge is -2.24. The first-order valence-corrected chi connectivity index (χ1v) is 10.4. The summed E-state index contributed by atoms with van der Waals surface area (Å²) in [4.78, 5) is 33.2. The molecule has 0 atom stereocenters. The quantitative estimate of drug-likeness (QED) is 0.455. The molecule has 9 heteroatoms. The second kappa shape index (κ2) is 11.1. The van der Waals surface area contributed by atoms with Crippen molar-refractivity contribution in [2.75, 3.05) is 43.6 Å². The van der Waals surface area contributed by atoms with E-state index in [1.807, 2.05) is 19.0 Å². The molecular formula is C24H27FN6O2. The minimum atomic E-state index is -0.430. The molecule has 3 amide bonds. The van der Waals surface area contributed by atoms with Gasteiger partial charge in [-0.3, -0.25) is 9.78 Å². The Morgan fingerprint density at radius 1 is 1.00 bits per heavy atom. The topological polar surface area (TPSA) is 104 Å². The lowest BCUT2D eigenvalue weighted by Crippen LogP contribution is -2.39. The maximum absolute atomic E-state index is 13.5. The van der Waals surface area contributed by atoms with Crippen LogP contribution < -0.4 is 16.4 Å². The maximum atomic E-state index is 13.5. The Morgan fingerprint density at radius 3 is 2.45 bits per heavy atom. The van der Waals surface area contributed by atoms with Crippen molar-refractivity contribution in [1.29, 1.82) is 0 Å². The van der Waals surface area contributed by atoms with Crippen molar-refractivity contribution in [2.24, 2.45) is 0 Å². The van der Waals surface area contributed by atoms with Crippen LogP contribution in [0.5, 0.6) is 0 Å². The summed E-state index contributed by atoms with van der Waals surface area (Å²) < 4.78 is 13.5. The number of anilines is 3. The van der Waals surface area contributed by atoms with E-state index in [0.29, 0.717) is 41.4 Å². The minimum absolute atomic E-state index is 0.225. The highest BCUT2D eigenvalue weighted by Gasteiger charge is 2.16. The van der Waals surface area contributed by atoms with E-state index >= 15 is 0 Å². The van der Waals surface area contributed by atoms with Gasteiger partial charge in [-0.05, 0) is 56.6 Å². The number of urea groups is 1. The number of rotatable bonds is 8. The van der Waals surface area contributed by atoms with Gasteiger partial charge in [-0.15, -0.1) is 0 Å². The highest BCUT2D eigenvalue weighted by Crippen LogP contribution is 2.18. The van der Waals surface area contributed by atoms with Crippen LogP contribution in [-0.4, -0.2) is 53.9 Å². The van der Waals surface area contributed by atoms with Gasteiger partial charge < -0.3 is 26.2 Å². The van der Waals surface area contributed by atoms with E-state index < -0.39 is 5.82 Å². The number of amides is 3. The van der Waals surface area contributed by atoms with Crippen molar-refractivity contribution in [3.8, 4) is 0 Å². The average Bonchev–Trinajstić information content (AvgIpc) is 2.78. The molecule has 1 aromatic heterocycles. The third kappa shape index (κ3) is 7.01. The number of hydrogen-bond acceptors (Lipinski definition) is 5. The number of carbonyl (C=O) groups is 2. The lowest BCUT2D eigenvalue weighted by atomic mass is 10.2.